The fraction of sp³-hybridized carbons (Fsp3) is 0.421. The molecule has 0 bridgehead atoms. The standard InChI is InChI=1S/C19H24N4O2S/c1-13-5-7-16(8-6-13)22-19(25)20-10-15-4-3-9-23(11-15)18(24)17-14(2)21-12-26-17/h5-8,12,15H,3-4,9-11H2,1-2H3,(H2,20,22,25). The largest absolute Gasteiger partial charge is 0.338 e. The summed E-state index contributed by atoms with van der Waals surface area (Å²) in [7, 11) is 0. The van der Waals surface area contributed by atoms with Crippen LogP contribution in [0, 0.1) is 19.8 Å². The number of hydrogen-bond acceptors (Lipinski definition) is 4. The number of hydrogen-bond donors (Lipinski definition) is 2. The van der Waals surface area contributed by atoms with Gasteiger partial charge in [-0.1, -0.05) is 17.7 Å². The smallest absolute Gasteiger partial charge is 0.319 e. The number of urea groups is 1. The van der Waals surface area contributed by atoms with Gasteiger partial charge in [-0.05, 0) is 44.7 Å². The van der Waals surface area contributed by atoms with E-state index in [1.807, 2.05) is 43.0 Å². The Morgan fingerprint density at radius 1 is 1.27 bits per heavy atom. The van der Waals surface area contributed by atoms with Crippen molar-refractivity contribution in [2.24, 2.45) is 5.92 Å². The first-order valence-corrected chi connectivity index (χ1v) is 9.72. The fourth-order valence-corrected chi connectivity index (χ4v) is 3.89. The van der Waals surface area contributed by atoms with Gasteiger partial charge in [-0.15, -0.1) is 11.3 Å². The highest BCUT2D eigenvalue weighted by atomic mass is 32.1. The minimum absolute atomic E-state index is 0.0545. The van der Waals surface area contributed by atoms with Crippen LogP contribution in [0.25, 0.3) is 0 Å². The number of rotatable bonds is 4. The second-order valence-electron chi connectivity index (χ2n) is 6.73. The molecule has 1 aromatic heterocycles. The third-order valence-electron chi connectivity index (χ3n) is 4.61. The Morgan fingerprint density at radius 2 is 2.04 bits per heavy atom. The van der Waals surface area contributed by atoms with Crippen LogP contribution in [-0.4, -0.2) is 41.5 Å². The molecular weight excluding hydrogens is 348 g/mol. The molecule has 1 aliphatic heterocycles. The quantitative estimate of drug-likeness (QED) is 0.863. The molecule has 2 aromatic rings. The predicted octanol–water partition coefficient (Wildman–Crippen LogP) is 3.43. The van der Waals surface area contributed by atoms with Gasteiger partial charge < -0.3 is 15.5 Å². The molecule has 0 radical (unpaired) electrons. The van der Waals surface area contributed by atoms with Crippen LogP contribution in [0.5, 0.6) is 0 Å². The van der Waals surface area contributed by atoms with Crippen LogP contribution in [0.2, 0.25) is 0 Å². The van der Waals surface area contributed by atoms with Crippen LogP contribution in [0.4, 0.5) is 10.5 Å². The Bertz CT molecular complexity index is 772. The highest BCUT2D eigenvalue weighted by Gasteiger charge is 2.26. The second-order valence-corrected chi connectivity index (χ2v) is 7.58. The van der Waals surface area contributed by atoms with Crippen LogP contribution in [-0.2, 0) is 0 Å². The van der Waals surface area contributed by atoms with Crippen LogP contribution in [0.3, 0.4) is 0 Å². The van der Waals surface area contributed by atoms with Crippen molar-refractivity contribution >= 4 is 29.0 Å². The van der Waals surface area contributed by atoms with Crippen LogP contribution in [0.15, 0.2) is 29.8 Å². The normalized spacial score (nSPS) is 17.0. The molecule has 26 heavy (non-hydrogen) atoms. The lowest BCUT2D eigenvalue weighted by atomic mass is 9.98. The molecule has 0 saturated carbocycles. The number of benzene rings is 1. The first-order chi connectivity index (χ1) is 12.5. The number of nitrogens with one attached hydrogen (secondary N) is 2. The third kappa shape index (κ3) is 4.60. The first-order valence-electron chi connectivity index (χ1n) is 8.84. The number of anilines is 1. The minimum Gasteiger partial charge on any atom is -0.338 e. The Kier molecular flexibility index (Phi) is 5.88. The molecule has 138 valence electrons. The number of aromatic nitrogens is 1. The molecule has 1 aromatic carbocycles. The Morgan fingerprint density at radius 3 is 2.73 bits per heavy atom. The maximum Gasteiger partial charge on any atom is 0.319 e. The highest BCUT2D eigenvalue weighted by molar-refractivity contribution is 7.11. The van der Waals surface area contributed by atoms with Gasteiger partial charge in [-0.25, -0.2) is 9.78 Å². The molecule has 3 rings (SSSR count). The lowest BCUT2D eigenvalue weighted by Crippen LogP contribution is -2.44. The summed E-state index contributed by atoms with van der Waals surface area (Å²) in [6.45, 7) is 5.86. The van der Waals surface area contributed by atoms with Gasteiger partial charge in [0.1, 0.15) is 4.88 Å². The molecule has 7 heteroatoms. The van der Waals surface area contributed by atoms with Crippen molar-refractivity contribution in [2.75, 3.05) is 25.0 Å². The molecule has 2 N–H and O–H groups in total. The first kappa shape index (κ1) is 18.4. The SMILES string of the molecule is Cc1ccc(NC(=O)NCC2CCCN(C(=O)c3scnc3C)C2)cc1. The van der Waals surface area contributed by atoms with E-state index >= 15 is 0 Å². The van der Waals surface area contributed by atoms with Gasteiger partial charge in [-0.3, -0.25) is 4.79 Å². The van der Waals surface area contributed by atoms with Crippen molar-refractivity contribution in [3.05, 3.63) is 45.9 Å². The van der Waals surface area contributed by atoms with E-state index < -0.39 is 0 Å². The van der Waals surface area contributed by atoms with Gasteiger partial charge in [0.25, 0.3) is 5.91 Å². The molecule has 0 aliphatic carbocycles. The van der Waals surface area contributed by atoms with E-state index in [9.17, 15) is 9.59 Å². The summed E-state index contributed by atoms with van der Waals surface area (Å²) in [5.41, 5.74) is 4.42. The fourth-order valence-electron chi connectivity index (χ4n) is 3.12. The zero-order valence-electron chi connectivity index (χ0n) is 15.1. The van der Waals surface area contributed by atoms with E-state index in [0.717, 1.165) is 41.2 Å². The zero-order valence-corrected chi connectivity index (χ0v) is 15.9. The number of aryl methyl sites for hydroxylation is 2. The molecule has 0 spiro atoms. The Labute approximate surface area is 157 Å². The average Bonchev–Trinajstić information content (AvgIpc) is 3.07. The lowest BCUT2D eigenvalue weighted by molar-refractivity contribution is 0.0679. The summed E-state index contributed by atoms with van der Waals surface area (Å²) in [5, 5.41) is 5.76. The number of amides is 3. The zero-order chi connectivity index (χ0) is 18.5. The summed E-state index contributed by atoms with van der Waals surface area (Å²) >= 11 is 1.39. The summed E-state index contributed by atoms with van der Waals surface area (Å²) in [6, 6.07) is 7.47. The van der Waals surface area contributed by atoms with Gasteiger partial charge in [0.2, 0.25) is 0 Å². The van der Waals surface area contributed by atoms with E-state index in [2.05, 4.69) is 15.6 Å². The van der Waals surface area contributed by atoms with Gasteiger partial charge in [0.05, 0.1) is 11.2 Å². The maximum atomic E-state index is 12.6. The number of carbonyl (C=O) groups is 2. The Balaban J connectivity index is 1.49. The molecule has 3 amide bonds. The summed E-state index contributed by atoms with van der Waals surface area (Å²) < 4.78 is 0. The monoisotopic (exact) mass is 372 g/mol. The molecular formula is C19H24N4O2S. The van der Waals surface area contributed by atoms with Gasteiger partial charge >= 0.3 is 6.03 Å². The van der Waals surface area contributed by atoms with Gasteiger partial charge in [-0.2, -0.15) is 0 Å². The molecule has 2 heterocycles. The van der Waals surface area contributed by atoms with E-state index in [-0.39, 0.29) is 17.9 Å². The highest BCUT2D eigenvalue weighted by Crippen LogP contribution is 2.21. The topological polar surface area (TPSA) is 74.3 Å². The van der Waals surface area contributed by atoms with Crippen molar-refractivity contribution in [2.45, 2.75) is 26.7 Å². The van der Waals surface area contributed by atoms with E-state index in [4.69, 9.17) is 0 Å². The molecule has 1 aliphatic rings. The van der Waals surface area contributed by atoms with Crippen LogP contribution < -0.4 is 10.6 Å². The van der Waals surface area contributed by atoms with Crippen molar-refractivity contribution in [3.8, 4) is 0 Å². The molecule has 6 nitrogen and oxygen atoms in total. The van der Waals surface area contributed by atoms with Crippen molar-refractivity contribution in [3.63, 3.8) is 0 Å². The van der Waals surface area contributed by atoms with Crippen molar-refractivity contribution in [1.29, 1.82) is 0 Å². The summed E-state index contributed by atoms with van der Waals surface area (Å²) in [4.78, 5) is 31.5. The van der Waals surface area contributed by atoms with Crippen LogP contribution >= 0.6 is 11.3 Å². The van der Waals surface area contributed by atoms with E-state index in [1.165, 1.54) is 11.3 Å². The minimum atomic E-state index is -0.212. The van der Waals surface area contributed by atoms with Gasteiger partial charge in [0, 0.05) is 25.3 Å². The number of likely N-dealkylation sites (tertiary alicyclic amines) is 1. The molecule has 1 unspecified atom stereocenters. The summed E-state index contributed by atoms with van der Waals surface area (Å²) in [5.74, 6) is 0.323. The maximum absolute atomic E-state index is 12.6. The van der Waals surface area contributed by atoms with E-state index in [1.54, 1.807) is 5.51 Å². The van der Waals surface area contributed by atoms with Crippen molar-refractivity contribution < 1.29 is 9.59 Å². The predicted molar refractivity (Wildman–Crippen MR) is 104 cm³/mol. The summed E-state index contributed by atoms with van der Waals surface area (Å²) in [6.07, 6.45) is 1.96. The average molecular weight is 372 g/mol. The number of piperidine rings is 1. The van der Waals surface area contributed by atoms with E-state index in [0.29, 0.717) is 13.1 Å². The lowest BCUT2D eigenvalue weighted by Gasteiger charge is -2.32. The number of thiazole rings is 1. The third-order valence-corrected chi connectivity index (χ3v) is 5.52. The number of nitrogens with zero attached hydrogens (tertiary/aromatic N) is 2. The number of carbonyl (C=O) groups excluding carboxylic acids is 2. The molecule has 1 saturated heterocycles. The van der Waals surface area contributed by atoms with Crippen molar-refractivity contribution in [1.82, 2.24) is 15.2 Å². The molecule has 1 fully saturated rings. The second kappa shape index (κ2) is 8.31. The van der Waals surface area contributed by atoms with Crippen LogP contribution in [0.1, 0.15) is 33.8 Å². The van der Waals surface area contributed by atoms with Gasteiger partial charge in [0.15, 0.2) is 0 Å². The Hall–Kier alpha value is -2.41. The molecule has 1 atom stereocenters.